The van der Waals surface area contributed by atoms with E-state index < -0.39 is 44.0 Å². The topological polar surface area (TPSA) is 205 Å². The largest absolute Gasteiger partial charge is 0.573 e. The lowest BCUT2D eigenvalue weighted by Crippen LogP contribution is -2.50. The minimum Gasteiger partial charge on any atom is -0.457 e. The van der Waals surface area contributed by atoms with Gasteiger partial charge in [-0.3, -0.25) is 19.9 Å². The van der Waals surface area contributed by atoms with Crippen molar-refractivity contribution in [3.8, 4) is 17.2 Å². The molecule has 7 N–H and O–H groups in total. The Morgan fingerprint density at radius 2 is 1.52 bits per heavy atom. The van der Waals surface area contributed by atoms with Crippen molar-refractivity contribution in [2.24, 2.45) is 0 Å². The molecule has 3 aromatic rings. The lowest BCUT2D eigenvalue weighted by Gasteiger charge is -2.48. The van der Waals surface area contributed by atoms with Gasteiger partial charge in [-0.15, -0.1) is 13.2 Å². The Hall–Kier alpha value is -5.53. The molecule has 2 aliphatic rings. The van der Waals surface area contributed by atoms with Crippen LogP contribution in [0, 0.1) is 0 Å². The fourth-order valence-electron chi connectivity index (χ4n) is 6.94. The van der Waals surface area contributed by atoms with Crippen LogP contribution in [0.4, 0.5) is 24.8 Å². The van der Waals surface area contributed by atoms with Crippen LogP contribution in [0.2, 0.25) is 0 Å². The highest BCUT2D eigenvalue weighted by molar-refractivity contribution is 8.29. The monoisotopic (exact) mass is 858 g/mol. The molecule has 5 rings (SSSR count). The molecule has 2 fully saturated rings. The van der Waals surface area contributed by atoms with E-state index in [-0.39, 0.29) is 47.6 Å². The molecule has 0 bridgehead atoms. The third kappa shape index (κ3) is 11.2. The second-order valence-electron chi connectivity index (χ2n) is 15.4. The van der Waals surface area contributed by atoms with E-state index in [1.165, 1.54) is 24.3 Å². The number of nitrogen functional groups attached to an aromatic ring is 2. The number of hydrogen-bond donors (Lipinski definition) is 5. The molecule has 0 radical (unpaired) electrons. The van der Waals surface area contributed by atoms with E-state index in [1.807, 2.05) is 19.1 Å². The molecule has 19 heteroatoms. The number of anilines is 2. The van der Waals surface area contributed by atoms with Crippen LogP contribution in [-0.2, 0) is 14.4 Å². The van der Waals surface area contributed by atoms with Crippen LogP contribution >= 0.6 is 9.21 Å². The molecule has 2 saturated heterocycles. The predicted molar refractivity (Wildman–Crippen MR) is 225 cm³/mol. The molecule has 15 nitrogen and oxygen atoms in total. The summed E-state index contributed by atoms with van der Waals surface area (Å²) in [7, 11) is -2.11. The SMILES string of the molecule is C=C(NOC1CCCCO1)C1(S(=C)(=CC)c2ccc(Oc3ccc(OC(F)(F)F)cc3)cc2)CCN(C(=O)CCNC(=O)c2nc(N)c(C(=O)NC(C)(C)C)nc2N)CC1. The molecule has 3 amide bonds. The van der Waals surface area contributed by atoms with Crippen molar-refractivity contribution in [3.05, 3.63) is 72.2 Å². The number of nitrogens with one attached hydrogen (secondary N) is 3. The van der Waals surface area contributed by atoms with Crippen LogP contribution < -0.4 is 37.1 Å². The number of nitrogens with two attached hydrogens (primary N) is 2. The molecule has 0 spiro atoms. The van der Waals surface area contributed by atoms with Gasteiger partial charge in [0.1, 0.15) is 17.2 Å². The third-order valence-electron chi connectivity index (χ3n) is 10.1. The number of piperidine rings is 1. The van der Waals surface area contributed by atoms with Crippen molar-refractivity contribution < 1.29 is 46.6 Å². The van der Waals surface area contributed by atoms with Crippen LogP contribution in [0.1, 0.15) is 87.2 Å². The normalized spacial score (nSPS) is 17.7. The van der Waals surface area contributed by atoms with Crippen molar-refractivity contribution in [3.63, 3.8) is 0 Å². The van der Waals surface area contributed by atoms with E-state index in [0.717, 1.165) is 24.2 Å². The van der Waals surface area contributed by atoms with Gasteiger partial charge in [0.15, 0.2) is 29.3 Å². The number of carbonyl (C=O) groups excluding carboxylic acids is 3. The first kappa shape index (κ1) is 45.6. The Morgan fingerprint density at radius 1 is 0.950 bits per heavy atom. The Balaban J connectivity index is 1.26. The summed E-state index contributed by atoms with van der Waals surface area (Å²) in [5.41, 5.74) is 14.6. The molecule has 326 valence electrons. The molecule has 2 aromatic carbocycles. The number of carbonyl (C=O) groups is 3. The van der Waals surface area contributed by atoms with Gasteiger partial charge in [-0.2, -0.15) is 9.21 Å². The zero-order valence-electron chi connectivity index (χ0n) is 34.2. The van der Waals surface area contributed by atoms with Crippen LogP contribution in [0.25, 0.3) is 0 Å². The zero-order chi connectivity index (χ0) is 43.9. The highest BCUT2D eigenvalue weighted by Crippen LogP contribution is 2.55. The molecule has 2 aliphatic heterocycles. The maximum atomic E-state index is 13.5. The van der Waals surface area contributed by atoms with Crippen molar-refractivity contribution >= 4 is 49.8 Å². The molecule has 2 atom stereocenters. The summed E-state index contributed by atoms with van der Waals surface area (Å²) in [4.78, 5) is 55.8. The maximum Gasteiger partial charge on any atom is 0.573 e. The van der Waals surface area contributed by atoms with Gasteiger partial charge in [0.2, 0.25) is 5.91 Å². The van der Waals surface area contributed by atoms with Gasteiger partial charge >= 0.3 is 6.36 Å². The molecule has 3 heterocycles. The molecule has 0 saturated carbocycles. The highest BCUT2D eigenvalue weighted by Gasteiger charge is 2.44. The fraction of sp³-hybridized carbons (Fsp3) is 0.439. The van der Waals surface area contributed by atoms with E-state index in [1.54, 1.807) is 37.8 Å². The lowest BCUT2D eigenvalue weighted by atomic mass is 9.92. The van der Waals surface area contributed by atoms with Crippen LogP contribution in [-0.4, -0.2) is 93.0 Å². The fourth-order valence-corrected chi connectivity index (χ4v) is 10.1. The van der Waals surface area contributed by atoms with Gasteiger partial charge < -0.3 is 41.2 Å². The lowest BCUT2D eigenvalue weighted by molar-refractivity contribution is -0.274. The number of aromatic nitrogens is 2. The van der Waals surface area contributed by atoms with Crippen molar-refractivity contribution in [1.29, 1.82) is 0 Å². The summed E-state index contributed by atoms with van der Waals surface area (Å²) >= 11 is 0. The molecule has 60 heavy (non-hydrogen) atoms. The van der Waals surface area contributed by atoms with E-state index in [0.29, 0.717) is 49.7 Å². The summed E-state index contributed by atoms with van der Waals surface area (Å²) in [5.74, 6) is 3.22. The maximum absolute atomic E-state index is 13.5. The van der Waals surface area contributed by atoms with Gasteiger partial charge in [0.05, 0.1) is 4.75 Å². The molecular formula is C41H53F3N8O7S. The number of nitrogens with zero attached hydrogens (tertiary/aromatic N) is 3. The van der Waals surface area contributed by atoms with Crippen LogP contribution in [0.5, 0.6) is 17.2 Å². The molecule has 0 aliphatic carbocycles. The number of likely N-dealkylation sites (tertiary alicyclic amines) is 1. The highest BCUT2D eigenvalue weighted by atomic mass is 32.2. The first-order valence-electron chi connectivity index (χ1n) is 19.4. The van der Waals surface area contributed by atoms with Crippen LogP contribution in [0.15, 0.2) is 65.7 Å². The molecule has 1 aromatic heterocycles. The molecular weight excluding hydrogens is 806 g/mol. The third-order valence-corrected chi connectivity index (χ3v) is 14.0. The van der Waals surface area contributed by atoms with Crippen molar-refractivity contribution in [1.82, 2.24) is 31.0 Å². The van der Waals surface area contributed by atoms with Crippen LogP contribution in [0.3, 0.4) is 0 Å². The predicted octanol–water partition coefficient (Wildman–Crippen LogP) is 6.02. The van der Waals surface area contributed by atoms with E-state index in [4.69, 9.17) is 31.6 Å². The second-order valence-corrected chi connectivity index (χ2v) is 18.7. The van der Waals surface area contributed by atoms with Gasteiger partial charge in [-0.25, -0.2) is 14.8 Å². The minimum atomic E-state index is -4.80. The number of rotatable bonds is 14. The van der Waals surface area contributed by atoms with Gasteiger partial charge in [-0.05, 0) is 107 Å². The second kappa shape index (κ2) is 18.8. The Labute approximate surface area is 347 Å². The first-order chi connectivity index (χ1) is 28.2. The zero-order valence-corrected chi connectivity index (χ0v) is 35.0. The number of halogens is 3. The Bertz CT molecular complexity index is 2160. The number of alkyl halides is 3. The number of ether oxygens (including phenoxy) is 3. The van der Waals surface area contributed by atoms with E-state index in [9.17, 15) is 27.6 Å². The summed E-state index contributed by atoms with van der Waals surface area (Å²) < 4.78 is 52.8. The van der Waals surface area contributed by atoms with Gasteiger partial charge in [0.25, 0.3) is 11.8 Å². The minimum absolute atomic E-state index is 0.0171. The Morgan fingerprint density at radius 3 is 2.05 bits per heavy atom. The van der Waals surface area contributed by atoms with Gasteiger partial charge in [0, 0.05) is 50.3 Å². The summed E-state index contributed by atoms with van der Waals surface area (Å²) in [6.07, 6.45) is -1.68. The summed E-state index contributed by atoms with van der Waals surface area (Å²) in [6.45, 7) is 13.0. The average Bonchev–Trinajstić information content (AvgIpc) is 3.20. The van der Waals surface area contributed by atoms with Crippen molar-refractivity contribution in [2.75, 3.05) is 37.7 Å². The van der Waals surface area contributed by atoms with Gasteiger partial charge in [-0.1, -0.05) is 17.8 Å². The number of benzene rings is 2. The van der Waals surface area contributed by atoms with E-state index >= 15 is 0 Å². The Kier molecular flexibility index (Phi) is 14.3. The average molecular weight is 859 g/mol. The smallest absolute Gasteiger partial charge is 0.457 e. The summed E-state index contributed by atoms with van der Waals surface area (Å²) in [5, 5.41) is 7.44. The quantitative estimate of drug-likeness (QED) is 0.0933. The molecule has 2 unspecified atom stereocenters. The number of hydroxylamine groups is 1. The standard InChI is InChI=1S/C41H53F3N8O7S/c1-7-60(6,30-17-15-28(16-18-30)57-27-11-13-29(14-12-27)58-41(42,43)44)40(26(2)51-59-32-10-8-9-25-56-32)20-23-52(24-21-40)31(53)19-22-47-37(54)33-35(45)49-34(36(46)48-33)38(55)50-39(3,4)5/h7,11-18,32,51H,2,6,8-10,19-25H2,1,3-5H3,(H2,45,49)(H2,46,48)(H,47,54)(H,50,55). The number of hydrogen-bond acceptors (Lipinski definition) is 12. The number of amides is 3. The first-order valence-corrected chi connectivity index (χ1v) is 21.2. The van der Waals surface area contributed by atoms with E-state index in [2.05, 4.69) is 42.8 Å². The summed E-state index contributed by atoms with van der Waals surface area (Å²) in [6, 6.07) is 12.4. The van der Waals surface area contributed by atoms with Crippen molar-refractivity contribution in [2.45, 2.75) is 94.1 Å².